The summed E-state index contributed by atoms with van der Waals surface area (Å²) in [7, 11) is 3.53. The third-order valence-corrected chi connectivity index (χ3v) is 6.42. The van der Waals surface area contributed by atoms with Crippen molar-refractivity contribution >= 4 is 5.78 Å². The van der Waals surface area contributed by atoms with Crippen molar-refractivity contribution in [2.24, 2.45) is 0 Å². The van der Waals surface area contributed by atoms with Crippen LogP contribution in [0.5, 0.6) is 11.5 Å². The Morgan fingerprint density at radius 1 is 1.52 bits per heavy atom. The second-order valence-electron chi connectivity index (χ2n) is 7.16. The van der Waals surface area contributed by atoms with Crippen molar-refractivity contribution in [2.45, 2.75) is 48.8 Å². The molecule has 122 valence electrons. The zero-order valence-corrected chi connectivity index (χ0v) is 13.2. The molecule has 0 aromatic heterocycles. The van der Waals surface area contributed by atoms with E-state index in [1.54, 1.807) is 7.11 Å². The molecule has 2 bridgehead atoms. The number of likely N-dealkylation sites (N-methyl/N-ethyl adjacent to an activating group) is 1. The van der Waals surface area contributed by atoms with Gasteiger partial charge in [0, 0.05) is 20.7 Å². The van der Waals surface area contributed by atoms with Crippen LogP contribution < -0.4 is 9.47 Å². The number of hydrogen-bond acceptors (Lipinski definition) is 5. The van der Waals surface area contributed by atoms with Crippen LogP contribution in [0.15, 0.2) is 12.1 Å². The molecule has 5 heteroatoms. The Bertz CT molecular complexity index is 831. The van der Waals surface area contributed by atoms with E-state index in [9.17, 15) is 4.79 Å². The van der Waals surface area contributed by atoms with Gasteiger partial charge in [-0.05, 0) is 44.5 Å². The molecule has 1 aromatic carbocycles. The first-order chi connectivity index (χ1) is 12.3. The highest BCUT2D eigenvalue weighted by molar-refractivity contribution is 5.90. The highest BCUT2D eigenvalue weighted by Gasteiger charge is 2.72. The Morgan fingerprint density at radius 2 is 2.39 bits per heavy atom. The van der Waals surface area contributed by atoms with Crippen LogP contribution in [0.1, 0.15) is 33.1 Å². The molecule has 0 amide bonds. The Kier molecular flexibility index (Phi) is 1.96. The number of Topliss-reactive ketones (excluding diaryl/α,β-unsaturated/α-hetero) is 1. The predicted molar refractivity (Wildman–Crippen MR) is 83.0 cm³/mol. The Balaban J connectivity index is 1.87. The molecule has 0 radical (unpaired) electrons. The standard InChI is InChI=1S/C18H21NO4/c1-19-8-7-17-14-10-3-4-12(22-2)15(14)23-16(17)11(20)5-6-18(17,21)13(19)9-10/h3-4,13,16,21H,5-9H2,1-2H3/t13-,16?,17+,18-/m1/s1/i5D2,21D. The Hall–Kier alpha value is -1.59. The number of likely N-dealkylation sites (tertiary alicyclic amines) is 1. The van der Waals surface area contributed by atoms with Crippen molar-refractivity contribution in [3.05, 3.63) is 23.3 Å². The van der Waals surface area contributed by atoms with Crippen LogP contribution in [0.2, 0.25) is 0 Å². The zero-order chi connectivity index (χ0) is 18.5. The SMILES string of the molecule is [2H]O[C@@]12CC([2H])([2H])C(=O)C3Oc4c(OC)ccc5c4[C@@]31CCN(C)[C@@H]2C5. The van der Waals surface area contributed by atoms with Gasteiger partial charge in [-0.3, -0.25) is 4.79 Å². The molecular formula is C18H21NO4. The van der Waals surface area contributed by atoms with Crippen molar-refractivity contribution < 1.29 is 22.1 Å². The highest BCUT2D eigenvalue weighted by Crippen LogP contribution is 2.64. The van der Waals surface area contributed by atoms with E-state index in [1.165, 1.54) is 0 Å². The molecule has 1 spiro atoms. The first kappa shape index (κ1) is 11.0. The molecule has 2 fully saturated rings. The molecule has 5 rings (SSSR count). The van der Waals surface area contributed by atoms with Gasteiger partial charge in [-0.2, -0.15) is 0 Å². The van der Waals surface area contributed by atoms with Gasteiger partial charge in [-0.15, -0.1) is 0 Å². The van der Waals surface area contributed by atoms with E-state index in [0.717, 1.165) is 17.7 Å². The lowest BCUT2D eigenvalue weighted by molar-refractivity contribution is -0.185. The maximum atomic E-state index is 13.0. The summed E-state index contributed by atoms with van der Waals surface area (Å²) in [5.41, 5.74) is -0.0104. The molecule has 1 saturated heterocycles. The average molecular weight is 318 g/mol. The number of ketones is 1. The lowest BCUT2D eigenvalue weighted by atomic mass is 9.49. The van der Waals surface area contributed by atoms with Gasteiger partial charge >= 0.3 is 0 Å². The molecule has 1 unspecified atom stereocenters. The molecule has 1 N–H and O–H groups in total. The molecule has 1 saturated carbocycles. The van der Waals surface area contributed by atoms with E-state index in [1.807, 2.05) is 19.2 Å². The molecule has 23 heavy (non-hydrogen) atoms. The number of benzene rings is 1. The lowest BCUT2D eigenvalue weighted by Gasteiger charge is -2.62. The van der Waals surface area contributed by atoms with Gasteiger partial charge in [-0.25, -0.2) is 0 Å². The van der Waals surface area contributed by atoms with Crippen molar-refractivity contribution in [1.82, 2.24) is 4.90 Å². The molecular weight excluding hydrogens is 294 g/mol. The van der Waals surface area contributed by atoms with Gasteiger partial charge in [0.2, 0.25) is 1.43 Å². The van der Waals surface area contributed by atoms with E-state index in [-0.39, 0.29) is 12.5 Å². The summed E-state index contributed by atoms with van der Waals surface area (Å²) >= 11 is 0. The van der Waals surface area contributed by atoms with Gasteiger partial charge < -0.3 is 19.5 Å². The van der Waals surface area contributed by atoms with Crippen molar-refractivity contribution in [1.29, 1.82) is 1.43 Å². The van der Waals surface area contributed by atoms with Crippen molar-refractivity contribution in [3.8, 4) is 11.5 Å². The van der Waals surface area contributed by atoms with E-state index in [2.05, 4.69) is 4.90 Å². The van der Waals surface area contributed by atoms with Crippen LogP contribution >= 0.6 is 0 Å². The van der Waals surface area contributed by atoms with Crippen LogP contribution in [-0.2, 0) is 16.6 Å². The number of rotatable bonds is 2. The van der Waals surface area contributed by atoms with E-state index >= 15 is 0 Å². The van der Waals surface area contributed by atoms with Gasteiger partial charge in [0.1, 0.15) is 0 Å². The number of hydrogen-bond donors (Lipinski definition) is 1. The van der Waals surface area contributed by atoms with Crippen LogP contribution in [0.3, 0.4) is 0 Å². The topological polar surface area (TPSA) is 59.0 Å². The predicted octanol–water partition coefficient (Wildman–Crippen LogP) is 1.05. The third kappa shape index (κ3) is 1.32. The number of aliphatic hydroxyl groups is 1. The third-order valence-electron chi connectivity index (χ3n) is 6.42. The van der Waals surface area contributed by atoms with Gasteiger partial charge in [0.15, 0.2) is 23.4 Å². The van der Waals surface area contributed by atoms with Gasteiger partial charge in [-0.1, -0.05) is 6.07 Å². The molecule has 2 aliphatic heterocycles. The second-order valence-corrected chi connectivity index (χ2v) is 7.16. The van der Waals surface area contributed by atoms with E-state index in [0.29, 0.717) is 24.3 Å². The number of nitrogens with zero attached hydrogens (tertiary/aromatic N) is 1. The Labute approximate surface area is 139 Å². The largest absolute Gasteiger partial charge is 0.493 e. The lowest BCUT2D eigenvalue weighted by Crippen LogP contribution is -2.76. The minimum Gasteiger partial charge on any atom is -0.493 e. The molecule has 5 nitrogen and oxygen atoms in total. The monoisotopic (exact) mass is 318 g/mol. The number of piperidine rings is 1. The minimum absolute atomic E-state index is 0.132. The molecule has 2 heterocycles. The van der Waals surface area contributed by atoms with E-state index in [4.69, 9.17) is 18.8 Å². The van der Waals surface area contributed by atoms with Crippen molar-refractivity contribution in [3.63, 3.8) is 0 Å². The summed E-state index contributed by atoms with van der Waals surface area (Å²) in [6, 6.07) is 3.65. The molecule has 1 aromatic rings. The fraction of sp³-hybridized carbons (Fsp3) is 0.611. The molecule has 4 aliphatic rings. The van der Waals surface area contributed by atoms with Crippen molar-refractivity contribution in [2.75, 3.05) is 20.7 Å². The highest BCUT2D eigenvalue weighted by atomic mass is 16.5. The smallest absolute Gasteiger partial charge is 0.211 e. The quantitative estimate of drug-likeness (QED) is 0.883. The second kappa shape index (κ2) is 4.08. The summed E-state index contributed by atoms with van der Waals surface area (Å²) in [4.78, 5) is 15.2. The minimum atomic E-state index is -2.10. The van der Waals surface area contributed by atoms with Crippen LogP contribution in [0, 0.1) is 0 Å². The first-order valence-electron chi connectivity index (χ1n) is 9.49. The number of carbonyl (C=O) groups excluding carboxylic acids is 1. The van der Waals surface area contributed by atoms with Crippen LogP contribution in [0.25, 0.3) is 0 Å². The Morgan fingerprint density at radius 3 is 3.17 bits per heavy atom. The first-order valence-corrected chi connectivity index (χ1v) is 8.08. The maximum Gasteiger partial charge on any atom is 0.211 e. The van der Waals surface area contributed by atoms with Gasteiger partial charge in [0.05, 0.1) is 18.1 Å². The maximum absolute atomic E-state index is 13.0. The normalized spacial score (nSPS) is 44.6. The molecule has 2 aliphatic carbocycles. The summed E-state index contributed by atoms with van der Waals surface area (Å²) in [6.07, 6.45) is -2.01. The fourth-order valence-corrected chi connectivity index (χ4v) is 5.35. The number of carbonyl (C=O) groups is 1. The summed E-state index contributed by atoms with van der Waals surface area (Å²) < 4.78 is 36.2. The fourth-order valence-electron chi connectivity index (χ4n) is 5.35. The number of ether oxygens (including phenoxy) is 2. The van der Waals surface area contributed by atoms with Gasteiger partial charge in [0.25, 0.3) is 0 Å². The summed E-state index contributed by atoms with van der Waals surface area (Å²) in [6.45, 7) is 0.738. The average Bonchev–Trinajstić information content (AvgIpc) is 2.96. The zero-order valence-electron chi connectivity index (χ0n) is 16.2. The van der Waals surface area contributed by atoms with Crippen LogP contribution in [-0.4, -0.2) is 55.7 Å². The van der Waals surface area contributed by atoms with E-state index < -0.39 is 29.3 Å². The molecule has 4 atom stereocenters. The summed E-state index contributed by atoms with van der Waals surface area (Å²) in [5, 5.41) is 5.42. The number of methoxy groups -OCH3 is 1. The summed E-state index contributed by atoms with van der Waals surface area (Å²) in [5.74, 6) is 0.502. The van der Waals surface area contributed by atoms with Crippen LogP contribution in [0.4, 0.5) is 0 Å².